The van der Waals surface area contributed by atoms with Gasteiger partial charge < -0.3 is 9.73 Å². The van der Waals surface area contributed by atoms with Gasteiger partial charge in [-0.25, -0.2) is 0 Å². The molecule has 0 aliphatic rings. The Morgan fingerprint density at radius 3 is 2.56 bits per heavy atom. The van der Waals surface area contributed by atoms with Crippen LogP contribution in [0.2, 0.25) is 10.0 Å². The van der Waals surface area contributed by atoms with E-state index in [2.05, 4.69) is 21.2 Å². The standard InChI is InChI=1S/C20H11BrCl2N2O2/c21-13-4-6-14(7-5-13)25-20(26)12(11-24)10-15-8-9-18(27-15)16-2-1-3-17(22)19(16)23/h1-10H,(H,25,26)/b12-10+. The molecule has 0 aliphatic heterocycles. The minimum Gasteiger partial charge on any atom is -0.457 e. The molecule has 0 bridgehead atoms. The molecule has 0 atom stereocenters. The lowest BCUT2D eigenvalue weighted by atomic mass is 10.2. The van der Waals surface area contributed by atoms with Gasteiger partial charge in [-0.3, -0.25) is 4.79 Å². The van der Waals surface area contributed by atoms with Crippen molar-refractivity contribution >= 4 is 56.8 Å². The zero-order valence-electron chi connectivity index (χ0n) is 13.7. The van der Waals surface area contributed by atoms with Crippen LogP contribution in [0.1, 0.15) is 5.76 Å². The topological polar surface area (TPSA) is 66.0 Å². The van der Waals surface area contributed by atoms with E-state index in [-0.39, 0.29) is 5.57 Å². The Hall–Kier alpha value is -2.52. The van der Waals surface area contributed by atoms with Gasteiger partial charge in [0.1, 0.15) is 23.2 Å². The molecule has 0 aliphatic carbocycles. The normalized spacial score (nSPS) is 11.1. The number of carbonyl (C=O) groups excluding carboxylic acids is 1. The summed E-state index contributed by atoms with van der Waals surface area (Å²) in [4.78, 5) is 12.3. The van der Waals surface area contributed by atoms with E-state index in [0.717, 1.165) is 4.47 Å². The second-order valence-corrected chi connectivity index (χ2v) is 7.14. The average molecular weight is 462 g/mol. The van der Waals surface area contributed by atoms with Gasteiger partial charge in [-0.2, -0.15) is 5.26 Å². The van der Waals surface area contributed by atoms with Crippen LogP contribution in [0.15, 0.2) is 69.1 Å². The molecule has 0 saturated carbocycles. The average Bonchev–Trinajstić information content (AvgIpc) is 3.12. The first-order valence-corrected chi connectivity index (χ1v) is 9.26. The van der Waals surface area contributed by atoms with Crippen molar-refractivity contribution < 1.29 is 9.21 Å². The minimum absolute atomic E-state index is 0.0870. The van der Waals surface area contributed by atoms with Crippen LogP contribution >= 0.6 is 39.1 Å². The molecule has 1 amide bonds. The monoisotopic (exact) mass is 460 g/mol. The summed E-state index contributed by atoms with van der Waals surface area (Å²) in [7, 11) is 0. The van der Waals surface area contributed by atoms with Crippen molar-refractivity contribution in [1.82, 2.24) is 0 Å². The van der Waals surface area contributed by atoms with Gasteiger partial charge in [0.15, 0.2) is 0 Å². The Morgan fingerprint density at radius 2 is 1.85 bits per heavy atom. The first-order valence-electron chi connectivity index (χ1n) is 7.71. The molecule has 1 aromatic heterocycles. The van der Waals surface area contributed by atoms with Gasteiger partial charge in [0.05, 0.1) is 10.0 Å². The second kappa shape index (κ2) is 8.45. The van der Waals surface area contributed by atoms with Gasteiger partial charge in [0, 0.05) is 21.8 Å². The fourth-order valence-corrected chi connectivity index (χ4v) is 2.95. The summed E-state index contributed by atoms with van der Waals surface area (Å²) in [5, 5.41) is 12.8. The zero-order chi connectivity index (χ0) is 19.4. The van der Waals surface area contributed by atoms with Crippen molar-refractivity contribution in [3.63, 3.8) is 0 Å². The Labute approximate surface area is 174 Å². The third-order valence-electron chi connectivity index (χ3n) is 3.60. The van der Waals surface area contributed by atoms with Crippen LogP contribution < -0.4 is 5.32 Å². The van der Waals surface area contributed by atoms with Gasteiger partial charge in [0.2, 0.25) is 0 Å². The molecule has 0 radical (unpaired) electrons. The van der Waals surface area contributed by atoms with Crippen molar-refractivity contribution in [2.24, 2.45) is 0 Å². The largest absolute Gasteiger partial charge is 0.457 e. The number of amides is 1. The number of nitrogens with zero attached hydrogens (tertiary/aromatic N) is 1. The highest BCUT2D eigenvalue weighted by Gasteiger charge is 2.13. The highest BCUT2D eigenvalue weighted by molar-refractivity contribution is 9.10. The molecule has 0 fully saturated rings. The number of hydrogen-bond acceptors (Lipinski definition) is 3. The van der Waals surface area contributed by atoms with Gasteiger partial charge >= 0.3 is 0 Å². The van der Waals surface area contributed by atoms with Crippen molar-refractivity contribution in [1.29, 1.82) is 5.26 Å². The number of rotatable bonds is 4. The molecule has 1 heterocycles. The summed E-state index contributed by atoms with van der Waals surface area (Å²) in [6, 6.07) is 17.5. The third-order valence-corrected chi connectivity index (χ3v) is 4.95. The van der Waals surface area contributed by atoms with Crippen LogP contribution in [0.4, 0.5) is 5.69 Å². The summed E-state index contributed by atoms with van der Waals surface area (Å²) in [5.74, 6) is 0.307. The number of nitrogens with one attached hydrogen (secondary N) is 1. The molecular weight excluding hydrogens is 451 g/mol. The quantitative estimate of drug-likeness (QED) is 0.353. The predicted molar refractivity (Wildman–Crippen MR) is 111 cm³/mol. The first kappa shape index (κ1) is 19.2. The van der Waals surface area contributed by atoms with Crippen molar-refractivity contribution in [3.05, 3.63) is 80.4 Å². The number of benzene rings is 2. The van der Waals surface area contributed by atoms with Crippen molar-refractivity contribution in [2.75, 3.05) is 5.32 Å². The Morgan fingerprint density at radius 1 is 1.11 bits per heavy atom. The number of hydrogen-bond donors (Lipinski definition) is 1. The lowest BCUT2D eigenvalue weighted by Gasteiger charge is -2.04. The molecule has 0 unspecified atom stereocenters. The lowest BCUT2D eigenvalue weighted by Crippen LogP contribution is -2.13. The van der Waals surface area contributed by atoms with E-state index in [4.69, 9.17) is 27.6 Å². The summed E-state index contributed by atoms with van der Waals surface area (Å²) in [6.07, 6.45) is 1.37. The van der Waals surface area contributed by atoms with Gasteiger partial charge in [-0.1, -0.05) is 45.2 Å². The van der Waals surface area contributed by atoms with Crippen LogP contribution in [0.3, 0.4) is 0 Å². The summed E-state index contributed by atoms with van der Waals surface area (Å²) < 4.78 is 6.59. The SMILES string of the molecule is N#C/C(=C\c1ccc(-c2cccc(Cl)c2Cl)o1)C(=O)Nc1ccc(Br)cc1. The summed E-state index contributed by atoms with van der Waals surface area (Å²) in [5.41, 5.74) is 1.12. The molecular formula is C20H11BrCl2N2O2. The van der Waals surface area contributed by atoms with Crippen LogP contribution in [0.5, 0.6) is 0 Å². The molecule has 0 spiro atoms. The molecule has 0 saturated heterocycles. The van der Waals surface area contributed by atoms with E-state index < -0.39 is 5.91 Å². The Bertz CT molecular complexity index is 1070. The number of carbonyl (C=O) groups is 1. The molecule has 1 N–H and O–H groups in total. The third kappa shape index (κ3) is 4.61. The Kier molecular flexibility index (Phi) is 6.02. The molecule has 7 heteroatoms. The highest BCUT2D eigenvalue weighted by Crippen LogP contribution is 2.34. The van der Waals surface area contributed by atoms with Gasteiger partial charge in [0.25, 0.3) is 5.91 Å². The molecule has 4 nitrogen and oxygen atoms in total. The van der Waals surface area contributed by atoms with Crippen LogP contribution in [0, 0.1) is 11.3 Å². The van der Waals surface area contributed by atoms with Crippen molar-refractivity contribution in [3.8, 4) is 17.4 Å². The van der Waals surface area contributed by atoms with E-state index in [1.54, 1.807) is 54.6 Å². The fraction of sp³-hybridized carbons (Fsp3) is 0. The lowest BCUT2D eigenvalue weighted by molar-refractivity contribution is -0.112. The molecule has 3 aromatic rings. The second-order valence-electron chi connectivity index (χ2n) is 5.43. The highest BCUT2D eigenvalue weighted by atomic mass is 79.9. The fourth-order valence-electron chi connectivity index (χ4n) is 2.29. The number of anilines is 1. The van der Waals surface area contributed by atoms with E-state index in [1.165, 1.54) is 6.08 Å². The predicted octanol–water partition coefficient (Wildman–Crippen LogP) is 6.56. The van der Waals surface area contributed by atoms with Crippen LogP contribution in [0.25, 0.3) is 17.4 Å². The summed E-state index contributed by atoms with van der Waals surface area (Å²) in [6.45, 7) is 0. The number of nitriles is 1. The maximum Gasteiger partial charge on any atom is 0.266 e. The maximum absolute atomic E-state index is 12.3. The molecule has 3 rings (SSSR count). The van der Waals surface area contributed by atoms with Crippen LogP contribution in [-0.4, -0.2) is 5.91 Å². The molecule has 27 heavy (non-hydrogen) atoms. The smallest absolute Gasteiger partial charge is 0.266 e. The number of halogens is 3. The van der Waals surface area contributed by atoms with Crippen molar-refractivity contribution in [2.45, 2.75) is 0 Å². The minimum atomic E-state index is -0.529. The number of furan rings is 1. The van der Waals surface area contributed by atoms with Gasteiger partial charge in [-0.15, -0.1) is 0 Å². The van der Waals surface area contributed by atoms with Gasteiger partial charge in [-0.05, 0) is 48.5 Å². The van der Waals surface area contributed by atoms with E-state index in [0.29, 0.717) is 32.8 Å². The van der Waals surface area contributed by atoms with Crippen LogP contribution in [-0.2, 0) is 4.79 Å². The maximum atomic E-state index is 12.3. The van der Waals surface area contributed by atoms with E-state index in [9.17, 15) is 10.1 Å². The van der Waals surface area contributed by atoms with E-state index in [1.807, 2.05) is 6.07 Å². The molecule has 2 aromatic carbocycles. The summed E-state index contributed by atoms with van der Waals surface area (Å²) >= 11 is 15.5. The molecule has 134 valence electrons. The van der Waals surface area contributed by atoms with E-state index >= 15 is 0 Å². The first-order chi connectivity index (χ1) is 13.0. The Balaban J connectivity index is 1.83. The zero-order valence-corrected chi connectivity index (χ0v) is 16.8.